The van der Waals surface area contributed by atoms with Gasteiger partial charge in [0.2, 0.25) is 0 Å². The molecule has 3 aromatic heterocycles. The second-order valence-electron chi connectivity index (χ2n) is 12.8. The fourth-order valence-electron chi connectivity index (χ4n) is 7.43. The molecule has 246 valence electrons. The van der Waals surface area contributed by atoms with Gasteiger partial charge in [-0.15, -0.1) is 0 Å². The van der Waals surface area contributed by atoms with Crippen LogP contribution in [0, 0.1) is 56.7 Å². The number of benzene rings is 6. The Morgan fingerprint density at radius 2 is 0.833 bits per heavy atom. The van der Waals surface area contributed by atoms with E-state index in [0.29, 0.717) is 61.5 Å². The summed E-state index contributed by atoms with van der Waals surface area (Å²) in [5, 5.41) is 54.2. The first kappa shape index (κ1) is 31.5. The highest BCUT2D eigenvalue weighted by molar-refractivity contribution is 6.12. The molecule has 0 saturated carbocycles. The average molecular weight is 687 g/mol. The Balaban J connectivity index is 1.46. The molecular weight excluding hydrogens is 665 g/mol. The molecule has 8 nitrogen and oxygen atoms in total. The molecule has 6 aromatic carbocycles. The van der Waals surface area contributed by atoms with Gasteiger partial charge in [0, 0.05) is 32.7 Å². The number of hydrogen-bond acceptors (Lipinski definition) is 6. The SMILES string of the molecule is N#Cc1ccc2c3ccc(C#N)cc3n(-c3cc(-c4cccc(-c5ccccc5)n4)c(-n4c5cc(C#N)ccc5c5ccc(C#N)cc54)cc3C#N)c2c1. The highest BCUT2D eigenvalue weighted by Crippen LogP contribution is 2.41. The molecule has 0 aliphatic carbocycles. The number of fused-ring (bicyclic) bond motifs is 6. The van der Waals surface area contributed by atoms with E-state index in [1.807, 2.05) is 106 Å². The Hall–Kier alpha value is -8.48. The van der Waals surface area contributed by atoms with Gasteiger partial charge in [-0.2, -0.15) is 26.3 Å². The molecule has 0 aliphatic heterocycles. The Labute approximate surface area is 308 Å². The molecule has 9 rings (SSSR count). The van der Waals surface area contributed by atoms with Gasteiger partial charge < -0.3 is 9.13 Å². The van der Waals surface area contributed by atoms with Gasteiger partial charge in [0.15, 0.2) is 0 Å². The van der Waals surface area contributed by atoms with Gasteiger partial charge in [-0.1, -0.05) is 60.7 Å². The molecule has 0 atom stereocenters. The van der Waals surface area contributed by atoms with Crippen LogP contribution in [-0.2, 0) is 0 Å². The second kappa shape index (κ2) is 12.4. The number of rotatable bonds is 4. The summed E-state index contributed by atoms with van der Waals surface area (Å²) in [6.07, 6.45) is 0. The van der Waals surface area contributed by atoms with Crippen LogP contribution in [0.15, 0.2) is 133 Å². The van der Waals surface area contributed by atoms with E-state index in [-0.39, 0.29) is 0 Å². The van der Waals surface area contributed by atoms with Gasteiger partial charge in [0.05, 0.1) is 96.9 Å². The molecule has 0 spiro atoms. The topological polar surface area (TPSA) is 142 Å². The maximum atomic E-state index is 11.0. The molecular formula is C46H22N8. The highest BCUT2D eigenvalue weighted by atomic mass is 15.0. The largest absolute Gasteiger partial charge is 0.308 e. The van der Waals surface area contributed by atoms with Crippen molar-refractivity contribution in [2.24, 2.45) is 0 Å². The maximum Gasteiger partial charge on any atom is 0.101 e. The van der Waals surface area contributed by atoms with Crippen LogP contribution in [0.5, 0.6) is 0 Å². The summed E-state index contributed by atoms with van der Waals surface area (Å²) in [5.74, 6) is 0. The summed E-state index contributed by atoms with van der Waals surface area (Å²) >= 11 is 0. The zero-order valence-electron chi connectivity index (χ0n) is 28.3. The summed E-state index contributed by atoms with van der Waals surface area (Å²) in [7, 11) is 0. The third kappa shape index (κ3) is 4.84. The van der Waals surface area contributed by atoms with Gasteiger partial charge in [0.1, 0.15) is 6.07 Å². The highest BCUT2D eigenvalue weighted by Gasteiger charge is 2.23. The predicted molar refractivity (Wildman–Crippen MR) is 207 cm³/mol. The second-order valence-corrected chi connectivity index (χ2v) is 12.8. The molecule has 54 heavy (non-hydrogen) atoms. The molecule has 0 amide bonds. The Kier molecular flexibility index (Phi) is 7.22. The van der Waals surface area contributed by atoms with Gasteiger partial charge >= 0.3 is 0 Å². The van der Waals surface area contributed by atoms with Crippen LogP contribution in [0.3, 0.4) is 0 Å². The molecule has 0 saturated heterocycles. The van der Waals surface area contributed by atoms with Gasteiger partial charge in [-0.25, -0.2) is 4.98 Å². The molecule has 0 fully saturated rings. The third-order valence-corrected chi connectivity index (χ3v) is 9.86. The monoisotopic (exact) mass is 686 g/mol. The molecule has 8 heteroatoms. The summed E-state index contributed by atoms with van der Waals surface area (Å²) < 4.78 is 3.93. The van der Waals surface area contributed by atoms with E-state index < -0.39 is 0 Å². The molecule has 3 heterocycles. The van der Waals surface area contributed by atoms with Crippen molar-refractivity contribution < 1.29 is 0 Å². The van der Waals surface area contributed by atoms with Crippen LogP contribution in [0.4, 0.5) is 0 Å². The molecule has 0 aliphatic rings. The van der Waals surface area contributed by atoms with Gasteiger partial charge in [-0.3, -0.25) is 0 Å². The lowest BCUT2D eigenvalue weighted by atomic mass is 10.0. The van der Waals surface area contributed by atoms with E-state index in [9.17, 15) is 26.3 Å². The minimum absolute atomic E-state index is 0.319. The molecule has 0 unspecified atom stereocenters. The zero-order valence-corrected chi connectivity index (χ0v) is 28.3. The standard InChI is InChI=1S/C46H22N8/c47-23-28-9-13-34-35-14-10-29(24-48)18-43(35)53(42(34)17-28)41-22-38(40-8-4-7-39(52-40)32-5-2-1-3-6-32)46(21-33(41)27-51)54-44-19-30(25-49)11-15-36(44)37-16-12-31(26-50)20-45(37)54/h1-22H. The minimum atomic E-state index is 0.319. The average Bonchev–Trinajstić information content (AvgIpc) is 3.73. The summed E-state index contributed by atoms with van der Waals surface area (Å²) in [4.78, 5) is 5.17. The van der Waals surface area contributed by atoms with Crippen molar-refractivity contribution in [2.45, 2.75) is 0 Å². The van der Waals surface area contributed by atoms with Crippen molar-refractivity contribution in [1.29, 1.82) is 26.3 Å². The molecule has 9 aromatic rings. The summed E-state index contributed by atoms with van der Waals surface area (Å²) in [6.45, 7) is 0. The molecule has 0 radical (unpaired) electrons. The lowest BCUT2D eigenvalue weighted by Crippen LogP contribution is -2.05. The van der Waals surface area contributed by atoms with Crippen LogP contribution in [0.25, 0.3) is 77.5 Å². The van der Waals surface area contributed by atoms with Crippen molar-refractivity contribution in [3.8, 4) is 64.2 Å². The van der Waals surface area contributed by atoms with Crippen LogP contribution in [-0.4, -0.2) is 14.1 Å². The lowest BCUT2D eigenvalue weighted by Gasteiger charge is -2.19. The van der Waals surface area contributed by atoms with Crippen LogP contribution in [0.2, 0.25) is 0 Å². The van der Waals surface area contributed by atoms with Crippen LogP contribution >= 0.6 is 0 Å². The fraction of sp³-hybridized carbons (Fsp3) is 0. The smallest absolute Gasteiger partial charge is 0.101 e. The van der Waals surface area contributed by atoms with Crippen LogP contribution < -0.4 is 0 Å². The van der Waals surface area contributed by atoms with Gasteiger partial charge in [-0.05, 0) is 72.8 Å². The number of hydrogen-bond donors (Lipinski definition) is 0. The zero-order chi connectivity index (χ0) is 36.9. The van der Waals surface area contributed by atoms with Crippen molar-refractivity contribution in [3.05, 3.63) is 161 Å². The predicted octanol–water partition coefficient (Wildman–Crippen LogP) is 9.97. The van der Waals surface area contributed by atoms with Crippen molar-refractivity contribution in [1.82, 2.24) is 14.1 Å². The maximum absolute atomic E-state index is 11.0. The van der Waals surface area contributed by atoms with E-state index in [4.69, 9.17) is 4.98 Å². The first-order valence-corrected chi connectivity index (χ1v) is 16.9. The third-order valence-electron chi connectivity index (χ3n) is 9.86. The van der Waals surface area contributed by atoms with E-state index in [1.54, 1.807) is 36.4 Å². The number of nitrogens with zero attached hydrogens (tertiary/aromatic N) is 8. The summed E-state index contributed by atoms with van der Waals surface area (Å²) in [6, 6.07) is 52.8. The first-order chi connectivity index (χ1) is 26.5. The Morgan fingerprint density at radius 3 is 1.28 bits per heavy atom. The van der Waals surface area contributed by atoms with E-state index in [1.165, 1.54) is 0 Å². The Morgan fingerprint density at radius 1 is 0.389 bits per heavy atom. The van der Waals surface area contributed by atoms with Crippen molar-refractivity contribution >= 4 is 43.6 Å². The lowest BCUT2D eigenvalue weighted by molar-refractivity contribution is 1.13. The van der Waals surface area contributed by atoms with E-state index >= 15 is 0 Å². The minimum Gasteiger partial charge on any atom is -0.308 e. The number of aromatic nitrogens is 3. The van der Waals surface area contributed by atoms with Gasteiger partial charge in [0.25, 0.3) is 0 Å². The van der Waals surface area contributed by atoms with Crippen molar-refractivity contribution in [3.63, 3.8) is 0 Å². The van der Waals surface area contributed by atoms with Crippen LogP contribution in [0.1, 0.15) is 27.8 Å². The fourth-order valence-corrected chi connectivity index (χ4v) is 7.43. The molecule has 0 bridgehead atoms. The molecule has 0 N–H and O–H groups in total. The Bertz CT molecular complexity index is 3130. The van der Waals surface area contributed by atoms with E-state index in [2.05, 4.69) is 30.3 Å². The van der Waals surface area contributed by atoms with Crippen molar-refractivity contribution in [2.75, 3.05) is 0 Å². The quantitative estimate of drug-likeness (QED) is 0.180. The normalized spacial score (nSPS) is 10.9. The first-order valence-electron chi connectivity index (χ1n) is 16.9. The summed E-state index contributed by atoms with van der Waals surface area (Å²) in [5.41, 5.74) is 9.13. The number of pyridine rings is 1. The number of nitriles is 5. The van der Waals surface area contributed by atoms with E-state index in [0.717, 1.165) is 43.8 Å².